The van der Waals surface area contributed by atoms with Gasteiger partial charge < -0.3 is 19.7 Å². The Bertz CT molecular complexity index is 840. The van der Waals surface area contributed by atoms with Crippen LogP contribution in [0.1, 0.15) is 16.7 Å². The standard InChI is InChI=1S/C23H31N3O3S/c1-25(16-18-8-9-22(30-3)21(14-18)28-2)23(27)24-15-19-6-4-5-7-20(19)17-26-10-12-29-13-11-26/h4-9,14H,10-13,15-17H2,1-3H3,(H,24,27). The summed E-state index contributed by atoms with van der Waals surface area (Å²) in [5.41, 5.74) is 3.44. The Morgan fingerprint density at radius 1 is 1.20 bits per heavy atom. The fourth-order valence-electron chi connectivity index (χ4n) is 3.51. The number of morpholine rings is 1. The van der Waals surface area contributed by atoms with Crippen molar-refractivity contribution in [1.29, 1.82) is 0 Å². The molecule has 0 unspecified atom stereocenters. The van der Waals surface area contributed by atoms with Gasteiger partial charge in [-0.05, 0) is 35.1 Å². The van der Waals surface area contributed by atoms with Crippen molar-refractivity contribution in [3.8, 4) is 5.75 Å². The SMILES string of the molecule is COc1cc(CN(C)C(=O)NCc2ccccc2CN2CCOCC2)ccc1SC. The molecule has 2 amide bonds. The minimum atomic E-state index is -0.0934. The van der Waals surface area contributed by atoms with Gasteiger partial charge >= 0.3 is 6.03 Å². The summed E-state index contributed by atoms with van der Waals surface area (Å²) in [6.07, 6.45) is 2.02. The van der Waals surface area contributed by atoms with E-state index in [1.165, 1.54) is 5.56 Å². The van der Waals surface area contributed by atoms with Gasteiger partial charge in [0.15, 0.2) is 0 Å². The summed E-state index contributed by atoms with van der Waals surface area (Å²) < 4.78 is 10.9. The van der Waals surface area contributed by atoms with E-state index in [1.807, 2.05) is 37.6 Å². The van der Waals surface area contributed by atoms with Gasteiger partial charge in [0, 0.05) is 44.7 Å². The molecule has 2 aromatic carbocycles. The number of thioether (sulfide) groups is 1. The Hall–Kier alpha value is -2.22. The van der Waals surface area contributed by atoms with Crippen LogP contribution in [0.15, 0.2) is 47.4 Å². The predicted octanol–water partition coefficient (Wildman–Crippen LogP) is 3.59. The number of ether oxygens (including phenoxy) is 2. The first-order valence-electron chi connectivity index (χ1n) is 10.2. The molecule has 1 saturated heterocycles. The van der Waals surface area contributed by atoms with Crippen LogP contribution >= 0.6 is 11.8 Å². The number of carbonyl (C=O) groups excluding carboxylic acids is 1. The molecule has 30 heavy (non-hydrogen) atoms. The Morgan fingerprint density at radius 2 is 1.93 bits per heavy atom. The molecule has 0 radical (unpaired) electrons. The van der Waals surface area contributed by atoms with E-state index in [9.17, 15) is 4.79 Å². The summed E-state index contributed by atoms with van der Waals surface area (Å²) in [4.78, 5) is 17.8. The van der Waals surface area contributed by atoms with Crippen molar-refractivity contribution in [1.82, 2.24) is 15.1 Å². The Morgan fingerprint density at radius 3 is 2.63 bits per heavy atom. The Kier molecular flexibility index (Phi) is 8.42. The second-order valence-electron chi connectivity index (χ2n) is 7.36. The van der Waals surface area contributed by atoms with Crippen LogP contribution in [0, 0.1) is 0 Å². The second-order valence-corrected chi connectivity index (χ2v) is 8.21. The normalized spacial score (nSPS) is 14.4. The second kappa shape index (κ2) is 11.2. The summed E-state index contributed by atoms with van der Waals surface area (Å²) in [7, 11) is 3.48. The molecular formula is C23H31N3O3S. The highest BCUT2D eigenvalue weighted by atomic mass is 32.2. The molecule has 1 N–H and O–H groups in total. The van der Waals surface area contributed by atoms with Crippen molar-refractivity contribution in [2.24, 2.45) is 0 Å². The zero-order chi connectivity index (χ0) is 21.3. The number of amides is 2. The summed E-state index contributed by atoms with van der Waals surface area (Å²) in [6, 6.07) is 14.3. The predicted molar refractivity (Wildman–Crippen MR) is 121 cm³/mol. The summed E-state index contributed by atoms with van der Waals surface area (Å²) in [6.45, 7) is 5.38. The lowest BCUT2D eigenvalue weighted by atomic mass is 10.1. The number of benzene rings is 2. The summed E-state index contributed by atoms with van der Waals surface area (Å²) in [5, 5.41) is 3.06. The molecule has 1 aliphatic rings. The molecule has 0 saturated carbocycles. The summed E-state index contributed by atoms with van der Waals surface area (Å²) >= 11 is 1.64. The number of carbonyl (C=O) groups is 1. The van der Waals surface area contributed by atoms with Crippen LogP contribution in [-0.4, -0.2) is 62.5 Å². The van der Waals surface area contributed by atoms with Crippen LogP contribution in [0.4, 0.5) is 4.79 Å². The maximum atomic E-state index is 12.7. The first-order chi connectivity index (χ1) is 14.6. The van der Waals surface area contributed by atoms with Crippen LogP contribution in [0.2, 0.25) is 0 Å². The molecule has 7 heteroatoms. The molecule has 3 rings (SSSR count). The molecule has 0 aliphatic carbocycles. The number of methoxy groups -OCH3 is 1. The van der Waals surface area contributed by atoms with E-state index >= 15 is 0 Å². The molecule has 0 bridgehead atoms. The lowest BCUT2D eigenvalue weighted by Crippen LogP contribution is -2.37. The number of hydrogen-bond donors (Lipinski definition) is 1. The van der Waals surface area contributed by atoms with Crippen LogP contribution in [0.25, 0.3) is 0 Å². The van der Waals surface area contributed by atoms with E-state index in [1.54, 1.807) is 23.8 Å². The van der Waals surface area contributed by atoms with E-state index in [-0.39, 0.29) is 6.03 Å². The topological polar surface area (TPSA) is 54.0 Å². The van der Waals surface area contributed by atoms with Gasteiger partial charge in [-0.2, -0.15) is 0 Å². The fraction of sp³-hybridized carbons (Fsp3) is 0.435. The third kappa shape index (κ3) is 6.14. The van der Waals surface area contributed by atoms with Gasteiger partial charge in [0.25, 0.3) is 0 Å². The molecule has 1 heterocycles. The number of hydrogen-bond acceptors (Lipinski definition) is 5. The quantitative estimate of drug-likeness (QED) is 0.650. The molecule has 0 spiro atoms. The Balaban J connectivity index is 1.56. The maximum absolute atomic E-state index is 12.7. The number of nitrogens with zero attached hydrogens (tertiary/aromatic N) is 2. The van der Waals surface area contributed by atoms with Crippen molar-refractivity contribution in [2.75, 3.05) is 46.7 Å². The van der Waals surface area contributed by atoms with Crippen LogP contribution < -0.4 is 10.1 Å². The summed E-state index contributed by atoms with van der Waals surface area (Å²) in [5.74, 6) is 0.839. The van der Waals surface area contributed by atoms with Gasteiger partial charge in [-0.3, -0.25) is 4.90 Å². The minimum Gasteiger partial charge on any atom is -0.496 e. The molecule has 0 atom stereocenters. The van der Waals surface area contributed by atoms with Crippen molar-refractivity contribution in [2.45, 2.75) is 24.5 Å². The van der Waals surface area contributed by atoms with E-state index in [0.29, 0.717) is 13.1 Å². The van der Waals surface area contributed by atoms with Crippen LogP contribution in [0.3, 0.4) is 0 Å². The van der Waals surface area contributed by atoms with Gasteiger partial charge in [0.05, 0.1) is 20.3 Å². The molecule has 0 aromatic heterocycles. The molecule has 6 nitrogen and oxygen atoms in total. The van der Waals surface area contributed by atoms with E-state index in [4.69, 9.17) is 9.47 Å². The van der Waals surface area contributed by atoms with Crippen LogP contribution in [0.5, 0.6) is 5.75 Å². The molecule has 162 valence electrons. The average molecular weight is 430 g/mol. The van der Waals surface area contributed by atoms with Crippen molar-refractivity contribution < 1.29 is 14.3 Å². The highest BCUT2D eigenvalue weighted by Gasteiger charge is 2.14. The van der Waals surface area contributed by atoms with Crippen molar-refractivity contribution >= 4 is 17.8 Å². The van der Waals surface area contributed by atoms with E-state index in [2.05, 4.69) is 28.4 Å². The number of nitrogens with one attached hydrogen (secondary N) is 1. The Labute approximate surface area is 183 Å². The van der Waals surface area contributed by atoms with Crippen molar-refractivity contribution in [3.05, 3.63) is 59.2 Å². The molecular weight excluding hydrogens is 398 g/mol. The largest absolute Gasteiger partial charge is 0.496 e. The molecule has 2 aromatic rings. The number of urea groups is 1. The molecule has 1 aliphatic heterocycles. The van der Waals surface area contributed by atoms with Gasteiger partial charge in [0.2, 0.25) is 0 Å². The highest BCUT2D eigenvalue weighted by molar-refractivity contribution is 7.98. The maximum Gasteiger partial charge on any atom is 0.317 e. The lowest BCUT2D eigenvalue weighted by molar-refractivity contribution is 0.0341. The van der Waals surface area contributed by atoms with Crippen LogP contribution in [-0.2, 0) is 24.4 Å². The third-order valence-corrected chi connectivity index (χ3v) is 6.04. The first-order valence-corrected chi connectivity index (χ1v) is 11.4. The van der Waals surface area contributed by atoms with Crippen molar-refractivity contribution in [3.63, 3.8) is 0 Å². The van der Waals surface area contributed by atoms with E-state index < -0.39 is 0 Å². The van der Waals surface area contributed by atoms with E-state index in [0.717, 1.165) is 54.6 Å². The lowest BCUT2D eigenvalue weighted by Gasteiger charge is -2.27. The minimum absolute atomic E-state index is 0.0934. The zero-order valence-electron chi connectivity index (χ0n) is 18.0. The van der Waals surface area contributed by atoms with Gasteiger partial charge in [0.1, 0.15) is 5.75 Å². The van der Waals surface area contributed by atoms with Gasteiger partial charge in [-0.25, -0.2) is 4.79 Å². The van der Waals surface area contributed by atoms with Gasteiger partial charge in [-0.15, -0.1) is 11.8 Å². The smallest absolute Gasteiger partial charge is 0.317 e. The highest BCUT2D eigenvalue weighted by Crippen LogP contribution is 2.28. The number of rotatable bonds is 8. The third-order valence-electron chi connectivity index (χ3n) is 5.26. The molecule has 1 fully saturated rings. The fourth-order valence-corrected chi connectivity index (χ4v) is 4.06. The zero-order valence-corrected chi connectivity index (χ0v) is 18.8. The average Bonchev–Trinajstić information content (AvgIpc) is 2.78. The first kappa shape index (κ1) is 22.5. The monoisotopic (exact) mass is 429 g/mol. The van der Waals surface area contributed by atoms with Gasteiger partial charge in [-0.1, -0.05) is 30.3 Å².